The van der Waals surface area contributed by atoms with Gasteiger partial charge in [-0.3, -0.25) is 14.3 Å². The molecule has 0 amide bonds. The molecule has 2 heterocycles. The third-order valence-corrected chi connectivity index (χ3v) is 2.61. The zero-order chi connectivity index (χ0) is 29.5. The maximum atomic E-state index is 11.6. The average molecular weight is 671 g/mol. The van der Waals surface area contributed by atoms with Gasteiger partial charge in [-0.2, -0.15) is 41.8 Å². The van der Waals surface area contributed by atoms with Crippen molar-refractivity contribution in [3.8, 4) is 5.88 Å². The smallest absolute Gasteiger partial charge is 1.00 e. The molecule has 23 heteroatoms. The second-order valence-electron chi connectivity index (χ2n) is 5.11. The molecular formula is C17H22ClF4K2N4NaO11. The number of carbonyl (C=O) groups is 2. The van der Waals surface area contributed by atoms with E-state index < -0.39 is 18.0 Å². The fourth-order valence-corrected chi connectivity index (χ4v) is 1.42. The first-order chi connectivity index (χ1) is 16.5. The molecule has 0 fully saturated rings. The number of halogens is 5. The van der Waals surface area contributed by atoms with E-state index in [1.165, 1.54) is 15.4 Å². The third-order valence-electron chi connectivity index (χ3n) is 2.45. The Labute approximate surface area is 337 Å². The normalized spacial score (nSPS) is 7.78. The van der Waals surface area contributed by atoms with E-state index in [2.05, 4.69) is 31.4 Å². The Kier molecular flexibility index (Phi) is 54.9. The number of hydrogen-bond donors (Lipinski definition) is 1. The SMILES string of the molecule is C.Cc1cc(=O)n(C)[nH]1.Cc1cc(OC(F)F)n(C)n1.O=C([O-])C(F)(F)Cl.O=C=O.O=C=O.O=CO[O-].[H-].[K+].[K+].[Na+]. The van der Waals surface area contributed by atoms with E-state index >= 15 is 0 Å². The van der Waals surface area contributed by atoms with Gasteiger partial charge in [0.2, 0.25) is 5.88 Å². The van der Waals surface area contributed by atoms with Gasteiger partial charge >= 0.3 is 157 Å². The van der Waals surface area contributed by atoms with Crippen molar-refractivity contribution >= 4 is 36.3 Å². The molecule has 15 nitrogen and oxygen atoms in total. The summed E-state index contributed by atoms with van der Waals surface area (Å²) >= 11 is 3.87. The molecule has 0 radical (unpaired) electrons. The van der Waals surface area contributed by atoms with Gasteiger partial charge in [0.15, 0.2) is 0 Å². The quantitative estimate of drug-likeness (QED) is 0.0800. The topological polar surface area (TPSA) is 223 Å². The second-order valence-corrected chi connectivity index (χ2v) is 5.58. The fraction of sp³-hybridized carbons (Fsp3) is 0.412. The number of aromatic nitrogens is 4. The predicted molar refractivity (Wildman–Crippen MR) is 106 cm³/mol. The first kappa shape index (κ1) is 59.4. The van der Waals surface area contributed by atoms with Crippen molar-refractivity contribution in [3.63, 3.8) is 0 Å². The standard InChI is InChI=1S/C6H8F2N2O.C5H8N2O.C2HClF2O2.CH2O3.2CO2.CH4.2K.Na.H/c1-4-3-5(10(2)9-4)11-6(7)8;1-4-3-5(8)7(2)6-4;3-2(4,5)1(6)7;2-1-4-3;2*2-1-3;;;;;/h3,6H,1-2H3;3,6H,1-2H3;(H,6,7);1,3H;;;1H4;;;;/q;;;;;;;3*+1;-1/p-2. The summed E-state index contributed by atoms with van der Waals surface area (Å²) < 4.78 is 52.0. The summed E-state index contributed by atoms with van der Waals surface area (Å²) in [6.07, 6.45) is 0.500. The summed E-state index contributed by atoms with van der Waals surface area (Å²) in [6, 6.07) is 3.01. The van der Waals surface area contributed by atoms with Crippen LogP contribution in [0.3, 0.4) is 0 Å². The van der Waals surface area contributed by atoms with Crippen LogP contribution in [0.2, 0.25) is 0 Å². The van der Waals surface area contributed by atoms with Crippen LogP contribution >= 0.6 is 11.6 Å². The van der Waals surface area contributed by atoms with E-state index in [0.717, 1.165) is 5.69 Å². The number of H-pyrrole nitrogens is 1. The zero-order valence-corrected chi connectivity index (χ0v) is 30.5. The Morgan fingerprint density at radius 2 is 1.52 bits per heavy atom. The molecule has 0 unspecified atom stereocenters. The van der Waals surface area contributed by atoms with E-state index in [0.29, 0.717) is 5.69 Å². The van der Waals surface area contributed by atoms with Crippen molar-refractivity contribution < 1.29 is 200 Å². The van der Waals surface area contributed by atoms with Gasteiger partial charge in [-0.05, 0) is 25.4 Å². The van der Waals surface area contributed by atoms with E-state index in [9.17, 15) is 22.4 Å². The molecule has 0 aliphatic rings. The van der Waals surface area contributed by atoms with Gasteiger partial charge in [0.25, 0.3) is 12.0 Å². The summed E-state index contributed by atoms with van der Waals surface area (Å²) in [5, 5.41) is 19.9. The van der Waals surface area contributed by atoms with Gasteiger partial charge in [-0.1, -0.05) is 7.43 Å². The van der Waals surface area contributed by atoms with Crippen molar-refractivity contribution in [2.75, 3.05) is 0 Å². The van der Waals surface area contributed by atoms with Crippen LogP contribution in [0.1, 0.15) is 20.2 Å². The van der Waals surface area contributed by atoms with Crippen LogP contribution in [0.25, 0.3) is 0 Å². The van der Waals surface area contributed by atoms with Crippen molar-refractivity contribution in [3.05, 3.63) is 33.9 Å². The summed E-state index contributed by atoms with van der Waals surface area (Å²) in [4.78, 5) is 63.3. The van der Waals surface area contributed by atoms with Crippen LogP contribution in [0.5, 0.6) is 5.88 Å². The molecule has 2 rings (SSSR count). The van der Waals surface area contributed by atoms with E-state index in [1.54, 1.807) is 27.1 Å². The number of nitrogens with one attached hydrogen (secondary N) is 1. The number of carboxylic acids is 1. The Hall–Kier alpha value is -0.0373. The van der Waals surface area contributed by atoms with Gasteiger partial charge < -0.3 is 31.3 Å². The Morgan fingerprint density at radius 1 is 1.18 bits per heavy atom. The maximum Gasteiger partial charge on any atom is 1.00 e. The van der Waals surface area contributed by atoms with Crippen molar-refractivity contribution in [2.45, 2.75) is 33.3 Å². The maximum absolute atomic E-state index is 11.6. The molecule has 0 aliphatic heterocycles. The summed E-state index contributed by atoms with van der Waals surface area (Å²) in [6.45, 7) is 0.588. The zero-order valence-electron chi connectivity index (χ0n) is 22.5. The van der Waals surface area contributed by atoms with Crippen LogP contribution in [0.15, 0.2) is 16.9 Å². The molecule has 0 saturated carbocycles. The number of alkyl halides is 5. The van der Waals surface area contributed by atoms with Gasteiger partial charge in [-0.25, -0.2) is 4.68 Å². The number of aliphatic carboxylic acids is 1. The third kappa shape index (κ3) is 42.4. The number of carbonyl (C=O) groups excluding carboxylic acids is 6. The minimum atomic E-state index is -4.22. The number of nitrogens with zero attached hydrogens (tertiary/aromatic N) is 3. The molecular weight excluding hydrogens is 649 g/mol. The van der Waals surface area contributed by atoms with Gasteiger partial charge in [0, 0.05) is 31.9 Å². The largest absolute Gasteiger partial charge is 1.00 e. The van der Waals surface area contributed by atoms with Crippen LogP contribution in [-0.4, -0.2) is 56.3 Å². The molecule has 2 aromatic heterocycles. The number of carboxylic acid groups (broad SMARTS) is 1. The first-order valence-corrected chi connectivity index (χ1v) is 8.53. The molecule has 0 saturated heterocycles. The number of ether oxygens (including phenoxy) is 1. The molecule has 0 bridgehead atoms. The van der Waals surface area contributed by atoms with Gasteiger partial charge in [0.1, 0.15) is 5.97 Å². The predicted octanol–water partition coefficient (Wildman–Crippen LogP) is -10.1. The monoisotopic (exact) mass is 670 g/mol. The first-order valence-electron chi connectivity index (χ1n) is 8.15. The number of aryl methyl sites for hydroxylation is 4. The number of hydrogen-bond acceptors (Lipinski definition) is 12. The number of aromatic amines is 1. The second kappa shape index (κ2) is 37.0. The van der Waals surface area contributed by atoms with Crippen molar-refractivity contribution in [1.29, 1.82) is 0 Å². The number of rotatable bonds is 4. The molecule has 2 aromatic rings. The van der Waals surface area contributed by atoms with Crippen LogP contribution in [0.4, 0.5) is 17.6 Å². The molecule has 1 N–H and O–H groups in total. The average Bonchev–Trinajstić information content (AvgIpc) is 3.21. The van der Waals surface area contributed by atoms with E-state index in [4.69, 9.17) is 39.1 Å². The van der Waals surface area contributed by atoms with E-state index in [1.807, 2.05) is 6.92 Å². The molecule has 0 spiro atoms. The molecule has 0 atom stereocenters. The Bertz CT molecular complexity index is 1020. The minimum absolute atomic E-state index is 0. The van der Waals surface area contributed by atoms with Crippen LogP contribution < -0.4 is 153 Å². The van der Waals surface area contributed by atoms with Gasteiger partial charge in [-0.15, -0.1) is 0 Å². The Balaban J connectivity index is -0.0000000444. The summed E-state index contributed by atoms with van der Waals surface area (Å²) in [5.74, 6) is -2.49. The summed E-state index contributed by atoms with van der Waals surface area (Å²) in [5.41, 5.74) is 1.57. The molecule has 214 valence electrons. The van der Waals surface area contributed by atoms with E-state index in [-0.39, 0.29) is 171 Å². The minimum Gasteiger partial charge on any atom is -1.00 e. The van der Waals surface area contributed by atoms with Crippen molar-refractivity contribution in [1.82, 2.24) is 19.6 Å². The molecule has 0 aromatic carbocycles. The summed E-state index contributed by atoms with van der Waals surface area (Å²) in [7, 11) is 3.24. The fourth-order valence-electron chi connectivity index (χ4n) is 1.42. The van der Waals surface area contributed by atoms with Crippen LogP contribution in [0, 0.1) is 13.8 Å². The van der Waals surface area contributed by atoms with Crippen LogP contribution in [-0.2, 0) is 47.8 Å². The molecule has 40 heavy (non-hydrogen) atoms. The van der Waals surface area contributed by atoms with Gasteiger partial charge in [0.05, 0.1) is 5.69 Å². The molecule has 0 aliphatic carbocycles. The van der Waals surface area contributed by atoms with Crippen molar-refractivity contribution in [2.24, 2.45) is 14.1 Å². The Morgan fingerprint density at radius 3 is 1.65 bits per heavy atom.